The molecule has 0 aliphatic heterocycles. The zero-order valence-corrected chi connectivity index (χ0v) is 18.1. The number of ether oxygens (including phenoxy) is 1. The molecule has 0 spiro atoms. The van der Waals surface area contributed by atoms with Gasteiger partial charge in [-0.2, -0.15) is 5.26 Å². The number of rotatable bonds is 7. The van der Waals surface area contributed by atoms with Gasteiger partial charge in [0.05, 0.1) is 35.3 Å². The number of para-hydroxylation sites is 1. The number of nitro groups is 1. The van der Waals surface area contributed by atoms with Crippen molar-refractivity contribution in [3.63, 3.8) is 0 Å². The molecule has 0 aliphatic carbocycles. The van der Waals surface area contributed by atoms with Crippen LogP contribution in [0.5, 0.6) is 0 Å². The molecule has 166 valence electrons. The number of carbonyl (C=O) groups is 2. The number of hydrogen-bond acceptors (Lipinski definition) is 6. The third-order valence-electron chi connectivity index (χ3n) is 5.01. The van der Waals surface area contributed by atoms with E-state index in [9.17, 15) is 25.0 Å². The van der Waals surface area contributed by atoms with Crippen molar-refractivity contribution in [2.75, 3.05) is 11.5 Å². The van der Waals surface area contributed by atoms with E-state index in [1.54, 1.807) is 31.2 Å². The van der Waals surface area contributed by atoms with Gasteiger partial charge in [0.1, 0.15) is 5.69 Å². The lowest BCUT2D eigenvalue weighted by atomic mass is 9.99. The first-order chi connectivity index (χ1) is 15.9. The average Bonchev–Trinajstić information content (AvgIpc) is 2.82. The summed E-state index contributed by atoms with van der Waals surface area (Å²) in [5.41, 5.74) is 2.30. The van der Waals surface area contributed by atoms with Crippen molar-refractivity contribution in [3.8, 4) is 17.2 Å². The van der Waals surface area contributed by atoms with Crippen LogP contribution in [0, 0.1) is 21.4 Å². The monoisotopic (exact) mass is 443 g/mol. The maximum Gasteiger partial charge on any atom is 0.340 e. The maximum absolute atomic E-state index is 12.5. The number of benzene rings is 3. The first-order valence-corrected chi connectivity index (χ1v) is 10.2. The van der Waals surface area contributed by atoms with Crippen LogP contribution < -0.4 is 4.90 Å². The minimum absolute atomic E-state index is 0.00671. The standard InChI is InChI=1S/C25H21N3O5/c1-3-33-25(30)22-9-6-10-23(28(31)32)24(22)27(17(2)29)16-18-11-13-19(14-12-18)21-8-5-4-7-20(21)15-26/h4-14H,3,16H2,1-2H3. The predicted molar refractivity (Wildman–Crippen MR) is 123 cm³/mol. The fourth-order valence-electron chi connectivity index (χ4n) is 3.49. The van der Waals surface area contributed by atoms with Crippen LogP contribution >= 0.6 is 0 Å². The highest BCUT2D eigenvalue weighted by molar-refractivity contribution is 6.04. The molecular formula is C25H21N3O5. The van der Waals surface area contributed by atoms with Gasteiger partial charge in [0.15, 0.2) is 0 Å². The summed E-state index contributed by atoms with van der Waals surface area (Å²) in [4.78, 5) is 37.3. The molecule has 8 heteroatoms. The molecule has 0 aliphatic rings. The van der Waals surface area contributed by atoms with Gasteiger partial charge in [-0.1, -0.05) is 48.5 Å². The highest BCUT2D eigenvalue weighted by Gasteiger charge is 2.29. The van der Waals surface area contributed by atoms with Gasteiger partial charge in [-0.25, -0.2) is 4.79 Å². The molecule has 8 nitrogen and oxygen atoms in total. The smallest absolute Gasteiger partial charge is 0.340 e. The van der Waals surface area contributed by atoms with Crippen molar-refractivity contribution in [2.24, 2.45) is 0 Å². The Labute approximate surface area is 190 Å². The topological polar surface area (TPSA) is 114 Å². The number of esters is 1. The first-order valence-electron chi connectivity index (χ1n) is 10.2. The highest BCUT2D eigenvalue weighted by Crippen LogP contribution is 2.34. The van der Waals surface area contributed by atoms with Crippen LogP contribution in [0.2, 0.25) is 0 Å². The van der Waals surface area contributed by atoms with Crippen molar-refractivity contribution in [1.29, 1.82) is 5.26 Å². The lowest BCUT2D eigenvalue weighted by Crippen LogP contribution is -2.30. The van der Waals surface area contributed by atoms with E-state index in [4.69, 9.17) is 4.74 Å². The number of nitrogens with zero attached hydrogens (tertiary/aromatic N) is 3. The molecule has 33 heavy (non-hydrogen) atoms. The van der Waals surface area contributed by atoms with Crippen molar-refractivity contribution < 1.29 is 19.2 Å². The fourth-order valence-corrected chi connectivity index (χ4v) is 3.49. The SMILES string of the molecule is CCOC(=O)c1cccc([N+](=O)[O-])c1N(Cc1ccc(-c2ccccc2C#N)cc1)C(C)=O. The number of hydrogen-bond donors (Lipinski definition) is 0. The van der Waals surface area contributed by atoms with E-state index in [2.05, 4.69) is 6.07 Å². The molecule has 0 aromatic heterocycles. The van der Waals surface area contributed by atoms with Gasteiger partial charge in [0.25, 0.3) is 5.69 Å². The number of nitro benzene ring substituents is 1. The molecule has 3 aromatic carbocycles. The second-order valence-corrected chi connectivity index (χ2v) is 7.11. The largest absolute Gasteiger partial charge is 0.462 e. The predicted octanol–water partition coefficient (Wildman–Crippen LogP) is 4.86. The van der Waals surface area contributed by atoms with Gasteiger partial charge in [-0.15, -0.1) is 0 Å². The summed E-state index contributed by atoms with van der Waals surface area (Å²) >= 11 is 0. The average molecular weight is 443 g/mol. The minimum atomic E-state index is -0.745. The Morgan fingerprint density at radius 2 is 1.76 bits per heavy atom. The van der Waals surface area contributed by atoms with Gasteiger partial charge in [0, 0.05) is 13.0 Å². The Hall–Kier alpha value is -4.51. The molecule has 0 fully saturated rings. The lowest BCUT2D eigenvalue weighted by molar-refractivity contribution is -0.384. The van der Waals surface area contributed by atoms with E-state index in [0.29, 0.717) is 11.1 Å². The zero-order chi connectivity index (χ0) is 24.0. The summed E-state index contributed by atoms with van der Waals surface area (Å²) in [6.45, 7) is 3.01. The molecule has 1 amide bonds. The van der Waals surface area contributed by atoms with Crippen molar-refractivity contribution in [2.45, 2.75) is 20.4 Å². The minimum Gasteiger partial charge on any atom is -0.462 e. The van der Waals surface area contributed by atoms with E-state index in [1.807, 2.05) is 24.3 Å². The number of carbonyl (C=O) groups excluding carboxylic acids is 2. The van der Waals surface area contributed by atoms with Gasteiger partial charge in [-0.05, 0) is 35.7 Å². The molecule has 0 heterocycles. The normalized spacial score (nSPS) is 10.2. The van der Waals surface area contributed by atoms with Gasteiger partial charge < -0.3 is 9.64 Å². The second kappa shape index (κ2) is 10.2. The molecule has 3 aromatic rings. The van der Waals surface area contributed by atoms with Crippen LogP contribution in [-0.4, -0.2) is 23.4 Å². The van der Waals surface area contributed by atoms with E-state index in [0.717, 1.165) is 11.1 Å². The molecule has 3 rings (SSSR count). The van der Waals surface area contributed by atoms with E-state index >= 15 is 0 Å². The lowest BCUT2D eigenvalue weighted by Gasteiger charge is -2.23. The zero-order valence-electron chi connectivity index (χ0n) is 18.1. The maximum atomic E-state index is 12.5. The Bertz CT molecular complexity index is 1250. The molecule has 0 saturated heterocycles. The summed E-state index contributed by atoms with van der Waals surface area (Å²) < 4.78 is 5.04. The van der Waals surface area contributed by atoms with Gasteiger partial charge in [0.2, 0.25) is 5.91 Å². The molecule has 0 atom stereocenters. The summed E-state index contributed by atoms with van der Waals surface area (Å²) in [5.74, 6) is -1.21. The van der Waals surface area contributed by atoms with Crippen molar-refractivity contribution >= 4 is 23.3 Å². The summed E-state index contributed by atoms with van der Waals surface area (Å²) in [6.07, 6.45) is 0. The van der Waals surface area contributed by atoms with Crippen LogP contribution in [-0.2, 0) is 16.1 Å². The van der Waals surface area contributed by atoms with Crippen LogP contribution in [0.15, 0.2) is 66.7 Å². The molecule has 0 bridgehead atoms. The second-order valence-electron chi connectivity index (χ2n) is 7.11. The number of anilines is 1. The van der Waals surface area contributed by atoms with Crippen molar-refractivity contribution in [1.82, 2.24) is 0 Å². The van der Waals surface area contributed by atoms with Crippen LogP contribution in [0.4, 0.5) is 11.4 Å². The summed E-state index contributed by atoms with van der Waals surface area (Å²) in [6, 6.07) is 20.6. The summed E-state index contributed by atoms with van der Waals surface area (Å²) in [5, 5.41) is 21.0. The molecular weight excluding hydrogens is 422 g/mol. The number of nitriles is 1. The van der Waals surface area contributed by atoms with Crippen LogP contribution in [0.25, 0.3) is 11.1 Å². The van der Waals surface area contributed by atoms with Crippen molar-refractivity contribution in [3.05, 3.63) is 93.5 Å². The van der Waals surface area contributed by atoms with Gasteiger partial charge >= 0.3 is 5.97 Å². The Morgan fingerprint density at radius 1 is 1.06 bits per heavy atom. The van der Waals surface area contributed by atoms with Gasteiger partial charge in [-0.3, -0.25) is 14.9 Å². The Kier molecular flexibility index (Phi) is 7.16. The Balaban J connectivity index is 2.02. The first kappa shape index (κ1) is 23.2. The van der Waals surface area contributed by atoms with E-state index in [1.165, 1.54) is 30.0 Å². The quantitative estimate of drug-likeness (QED) is 0.293. The Morgan fingerprint density at radius 3 is 2.36 bits per heavy atom. The van der Waals surface area contributed by atoms with Crippen LogP contribution in [0.1, 0.15) is 35.3 Å². The van der Waals surface area contributed by atoms with E-state index < -0.39 is 16.8 Å². The number of amides is 1. The molecule has 0 unspecified atom stereocenters. The molecule has 0 saturated carbocycles. The fraction of sp³-hybridized carbons (Fsp3) is 0.160. The third-order valence-corrected chi connectivity index (χ3v) is 5.01. The van der Waals surface area contributed by atoms with Crippen LogP contribution in [0.3, 0.4) is 0 Å². The molecule has 0 radical (unpaired) electrons. The molecule has 0 N–H and O–H groups in total. The van der Waals surface area contributed by atoms with E-state index in [-0.39, 0.29) is 30.1 Å². The summed E-state index contributed by atoms with van der Waals surface area (Å²) in [7, 11) is 0. The highest BCUT2D eigenvalue weighted by atomic mass is 16.6. The third kappa shape index (κ3) is 5.05.